The van der Waals surface area contributed by atoms with Crippen LogP contribution in [0.4, 0.5) is 0 Å². The van der Waals surface area contributed by atoms with E-state index in [4.69, 9.17) is 4.42 Å². The van der Waals surface area contributed by atoms with E-state index in [-0.39, 0.29) is 5.63 Å². The van der Waals surface area contributed by atoms with Crippen molar-refractivity contribution < 1.29 is 4.42 Å². The lowest BCUT2D eigenvalue weighted by Gasteiger charge is -2.08. The van der Waals surface area contributed by atoms with Crippen LogP contribution in [0.2, 0.25) is 0 Å². The maximum atomic E-state index is 11.9. The average molecular weight is 253 g/mol. The van der Waals surface area contributed by atoms with Crippen molar-refractivity contribution in [3.05, 3.63) is 64.3 Å². The molecule has 2 heterocycles. The Balaban J connectivity index is 2.28. The predicted molar refractivity (Wildman–Crippen MR) is 75.9 cm³/mol. The fourth-order valence-corrected chi connectivity index (χ4v) is 2.46. The van der Waals surface area contributed by atoms with E-state index in [0.717, 1.165) is 22.2 Å². The summed E-state index contributed by atoms with van der Waals surface area (Å²) in [5.74, 6) is 0. The molecule has 19 heavy (non-hydrogen) atoms. The molecule has 2 aromatic heterocycles. The smallest absolute Gasteiger partial charge is 0.339 e. The number of aromatic nitrogens is 1. The molecule has 0 N–H and O–H groups in total. The summed E-state index contributed by atoms with van der Waals surface area (Å²) < 4.78 is 7.42. The molecular formula is C16H15NO2. The molecule has 0 radical (unpaired) electrons. The van der Waals surface area contributed by atoms with Gasteiger partial charge in [-0.15, -0.1) is 0 Å². The Morgan fingerprint density at radius 2 is 1.95 bits per heavy atom. The lowest BCUT2D eigenvalue weighted by molar-refractivity contribution is 0.549. The summed E-state index contributed by atoms with van der Waals surface area (Å²) >= 11 is 0. The SMILES string of the molecule is CCc1c(C)c2ccc(-n3cccc3)cc2oc1=O. The molecule has 3 rings (SSSR count). The lowest BCUT2D eigenvalue weighted by Crippen LogP contribution is -2.09. The molecule has 0 spiro atoms. The monoisotopic (exact) mass is 253 g/mol. The van der Waals surface area contributed by atoms with Crippen LogP contribution in [0.15, 0.2) is 51.9 Å². The van der Waals surface area contributed by atoms with Gasteiger partial charge in [-0.2, -0.15) is 0 Å². The molecular weight excluding hydrogens is 238 g/mol. The fourth-order valence-electron chi connectivity index (χ4n) is 2.46. The third kappa shape index (κ3) is 1.87. The minimum Gasteiger partial charge on any atom is -0.422 e. The second kappa shape index (κ2) is 4.43. The minimum absolute atomic E-state index is 0.225. The zero-order valence-electron chi connectivity index (χ0n) is 11.0. The zero-order chi connectivity index (χ0) is 13.4. The van der Waals surface area contributed by atoms with Gasteiger partial charge in [0.1, 0.15) is 5.58 Å². The topological polar surface area (TPSA) is 35.1 Å². The second-order valence-corrected chi connectivity index (χ2v) is 4.62. The van der Waals surface area contributed by atoms with Gasteiger partial charge in [-0.1, -0.05) is 6.92 Å². The van der Waals surface area contributed by atoms with Gasteiger partial charge in [0.15, 0.2) is 0 Å². The fraction of sp³-hybridized carbons (Fsp3) is 0.188. The summed E-state index contributed by atoms with van der Waals surface area (Å²) in [6.45, 7) is 3.95. The van der Waals surface area contributed by atoms with E-state index in [1.807, 2.05) is 61.1 Å². The summed E-state index contributed by atoms with van der Waals surface area (Å²) in [4.78, 5) is 11.9. The maximum absolute atomic E-state index is 11.9. The molecule has 0 amide bonds. The molecule has 0 saturated carbocycles. The summed E-state index contributed by atoms with van der Waals surface area (Å²) in [6.07, 6.45) is 4.63. The molecule has 0 aliphatic heterocycles. The van der Waals surface area contributed by atoms with Crippen molar-refractivity contribution in [2.24, 2.45) is 0 Å². The first-order chi connectivity index (χ1) is 9.20. The van der Waals surface area contributed by atoms with Gasteiger partial charge in [0.25, 0.3) is 0 Å². The van der Waals surface area contributed by atoms with Gasteiger partial charge < -0.3 is 8.98 Å². The van der Waals surface area contributed by atoms with Gasteiger partial charge >= 0.3 is 5.63 Å². The minimum atomic E-state index is -0.225. The Hall–Kier alpha value is -2.29. The van der Waals surface area contributed by atoms with Gasteiger partial charge in [0.2, 0.25) is 0 Å². The number of nitrogens with zero attached hydrogens (tertiary/aromatic N) is 1. The first-order valence-corrected chi connectivity index (χ1v) is 6.40. The molecule has 96 valence electrons. The number of fused-ring (bicyclic) bond motifs is 1. The Labute approximate surface area is 111 Å². The van der Waals surface area contributed by atoms with Crippen molar-refractivity contribution in [3.63, 3.8) is 0 Å². The number of rotatable bonds is 2. The standard InChI is InChI=1S/C16H15NO2/c1-3-13-11(2)14-7-6-12(17-8-4-5-9-17)10-15(14)19-16(13)18/h4-10H,3H2,1-2H3. The predicted octanol–water partition coefficient (Wildman–Crippen LogP) is 3.45. The van der Waals surface area contributed by atoms with Crippen LogP contribution in [-0.2, 0) is 6.42 Å². The Bertz CT molecular complexity index is 782. The van der Waals surface area contributed by atoms with Crippen LogP contribution in [0.5, 0.6) is 0 Å². The Morgan fingerprint density at radius 3 is 2.63 bits per heavy atom. The molecule has 0 fully saturated rings. The van der Waals surface area contributed by atoms with E-state index in [1.165, 1.54) is 0 Å². The molecule has 3 aromatic rings. The molecule has 3 heteroatoms. The van der Waals surface area contributed by atoms with Crippen molar-refractivity contribution in [1.82, 2.24) is 4.57 Å². The number of benzene rings is 1. The summed E-state index contributed by atoms with van der Waals surface area (Å²) in [6, 6.07) is 9.89. The summed E-state index contributed by atoms with van der Waals surface area (Å²) in [5, 5.41) is 1.01. The molecule has 0 aliphatic rings. The molecule has 0 unspecified atom stereocenters. The van der Waals surface area contributed by atoms with Crippen LogP contribution < -0.4 is 5.63 Å². The normalized spacial score (nSPS) is 11.1. The zero-order valence-corrected chi connectivity index (χ0v) is 11.0. The third-order valence-corrected chi connectivity index (χ3v) is 3.53. The molecule has 1 aromatic carbocycles. The largest absolute Gasteiger partial charge is 0.422 e. The van der Waals surface area contributed by atoms with E-state index in [0.29, 0.717) is 12.0 Å². The van der Waals surface area contributed by atoms with E-state index < -0.39 is 0 Å². The first kappa shape index (κ1) is 11.8. The van der Waals surface area contributed by atoms with Gasteiger partial charge in [0.05, 0.1) is 0 Å². The number of hydrogen-bond donors (Lipinski definition) is 0. The van der Waals surface area contributed by atoms with E-state index >= 15 is 0 Å². The van der Waals surface area contributed by atoms with Crippen molar-refractivity contribution in [3.8, 4) is 5.69 Å². The summed E-state index contributed by atoms with van der Waals surface area (Å²) in [5.41, 5.74) is 3.20. The molecule has 3 nitrogen and oxygen atoms in total. The van der Waals surface area contributed by atoms with Crippen LogP contribution >= 0.6 is 0 Å². The van der Waals surface area contributed by atoms with Crippen LogP contribution in [0.3, 0.4) is 0 Å². The molecule has 0 bridgehead atoms. The highest BCUT2D eigenvalue weighted by molar-refractivity contribution is 5.82. The van der Waals surface area contributed by atoms with Crippen molar-refractivity contribution in [2.45, 2.75) is 20.3 Å². The third-order valence-electron chi connectivity index (χ3n) is 3.53. The van der Waals surface area contributed by atoms with Crippen LogP contribution in [-0.4, -0.2) is 4.57 Å². The summed E-state index contributed by atoms with van der Waals surface area (Å²) in [7, 11) is 0. The lowest BCUT2D eigenvalue weighted by atomic mass is 10.0. The maximum Gasteiger partial charge on any atom is 0.339 e. The van der Waals surface area contributed by atoms with E-state index in [2.05, 4.69) is 0 Å². The van der Waals surface area contributed by atoms with Gasteiger partial charge in [-0.25, -0.2) is 4.79 Å². The molecule has 0 atom stereocenters. The van der Waals surface area contributed by atoms with Crippen molar-refractivity contribution >= 4 is 11.0 Å². The highest BCUT2D eigenvalue weighted by Crippen LogP contribution is 2.22. The highest BCUT2D eigenvalue weighted by atomic mass is 16.4. The van der Waals surface area contributed by atoms with E-state index in [1.54, 1.807) is 0 Å². The average Bonchev–Trinajstić information content (AvgIpc) is 2.92. The first-order valence-electron chi connectivity index (χ1n) is 6.40. The van der Waals surface area contributed by atoms with Crippen LogP contribution in [0.25, 0.3) is 16.7 Å². The van der Waals surface area contributed by atoms with E-state index in [9.17, 15) is 4.79 Å². The Kier molecular flexibility index (Phi) is 2.75. The number of hydrogen-bond acceptors (Lipinski definition) is 2. The number of aryl methyl sites for hydroxylation is 1. The Morgan fingerprint density at radius 1 is 1.21 bits per heavy atom. The highest BCUT2D eigenvalue weighted by Gasteiger charge is 2.10. The van der Waals surface area contributed by atoms with Crippen LogP contribution in [0.1, 0.15) is 18.1 Å². The second-order valence-electron chi connectivity index (χ2n) is 4.62. The van der Waals surface area contributed by atoms with Crippen molar-refractivity contribution in [1.29, 1.82) is 0 Å². The molecule has 0 saturated heterocycles. The van der Waals surface area contributed by atoms with Crippen LogP contribution in [0, 0.1) is 6.92 Å². The molecule has 0 aliphatic carbocycles. The van der Waals surface area contributed by atoms with Gasteiger partial charge in [-0.3, -0.25) is 0 Å². The van der Waals surface area contributed by atoms with Gasteiger partial charge in [0, 0.05) is 35.1 Å². The van der Waals surface area contributed by atoms with Gasteiger partial charge in [-0.05, 0) is 43.2 Å². The quantitative estimate of drug-likeness (QED) is 0.656. The van der Waals surface area contributed by atoms with Crippen molar-refractivity contribution in [2.75, 3.05) is 0 Å².